The first-order chi connectivity index (χ1) is 7.54. The number of hydrogen-bond acceptors (Lipinski definition) is 5. The van der Waals surface area contributed by atoms with Crippen LogP contribution in [0, 0.1) is 0 Å². The number of aryl methyl sites for hydroxylation is 1. The average molecular weight is 225 g/mol. The van der Waals surface area contributed by atoms with Crippen LogP contribution < -0.4 is 10.1 Å². The van der Waals surface area contributed by atoms with Crippen LogP contribution in [0.25, 0.3) is 0 Å². The maximum Gasteiger partial charge on any atom is 0.358 e. The van der Waals surface area contributed by atoms with Crippen molar-refractivity contribution in [2.75, 3.05) is 20.2 Å². The Morgan fingerprint density at radius 2 is 2.31 bits per heavy atom. The van der Waals surface area contributed by atoms with E-state index < -0.39 is 5.97 Å². The smallest absolute Gasteiger partial charge is 0.358 e. The molecule has 0 unspecified atom stereocenters. The molecule has 1 aliphatic rings. The maximum absolute atomic E-state index is 11.3. The summed E-state index contributed by atoms with van der Waals surface area (Å²) < 4.78 is 11.9. The van der Waals surface area contributed by atoms with Gasteiger partial charge in [-0.05, 0) is 6.92 Å². The van der Waals surface area contributed by atoms with E-state index >= 15 is 0 Å². The molecule has 16 heavy (non-hydrogen) atoms. The molecule has 0 atom stereocenters. The number of methoxy groups -OCH3 is 1. The van der Waals surface area contributed by atoms with Gasteiger partial charge in [0.05, 0.1) is 7.11 Å². The molecule has 1 aromatic rings. The zero-order chi connectivity index (χ0) is 11.8. The molecule has 0 radical (unpaired) electrons. The number of hydrogen-bond donors (Lipinski definition) is 1. The summed E-state index contributed by atoms with van der Waals surface area (Å²) in [6.07, 6.45) is 0. The number of carbonyl (C=O) groups excluding carboxylic acids is 1. The Kier molecular flexibility index (Phi) is 2.59. The standard InChI is InChI=1S/C10H15N3O3/c1-10(5-11-6-10)16-8-4-7(9(14)15-3)12-13(8)2/h4,11H,5-6H2,1-3H3. The summed E-state index contributed by atoms with van der Waals surface area (Å²) in [5, 5.41) is 7.16. The fourth-order valence-corrected chi connectivity index (χ4v) is 1.55. The number of nitrogens with zero attached hydrogens (tertiary/aromatic N) is 2. The van der Waals surface area contributed by atoms with E-state index in [9.17, 15) is 4.79 Å². The molecule has 0 bridgehead atoms. The van der Waals surface area contributed by atoms with Gasteiger partial charge in [0, 0.05) is 26.2 Å². The van der Waals surface area contributed by atoms with Gasteiger partial charge >= 0.3 is 5.97 Å². The lowest BCUT2D eigenvalue weighted by Gasteiger charge is -2.38. The number of ether oxygens (including phenoxy) is 2. The van der Waals surface area contributed by atoms with E-state index in [0.29, 0.717) is 5.88 Å². The fourth-order valence-electron chi connectivity index (χ4n) is 1.55. The van der Waals surface area contributed by atoms with Crippen molar-refractivity contribution in [1.82, 2.24) is 15.1 Å². The zero-order valence-corrected chi connectivity index (χ0v) is 9.61. The Bertz CT molecular complexity index is 409. The zero-order valence-electron chi connectivity index (χ0n) is 9.61. The van der Waals surface area contributed by atoms with Crippen LogP contribution in [0.4, 0.5) is 0 Å². The largest absolute Gasteiger partial charge is 0.469 e. The minimum absolute atomic E-state index is 0.207. The molecule has 2 heterocycles. The monoisotopic (exact) mass is 225 g/mol. The minimum atomic E-state index is -0.456. The van der Waals surface area contributed by atoms with Gasteiger partial charge in [0.1, 0.15) is 5.60 Å². The van der Waals surface area contributed by atoms with Gasteiger partial charge in [-0.2, -0.15) is 5.10 Å². The van der Waals surface area contributed by atoms with Gasteiger partial charge < -0.3 is 14.8 Å². The van der Waals surface area contributed by atoms with Crippen molar-refractivity contribution in [3.8, 4) is 5.88 Å². The molecule has 6 nitrogen and oxygen atoms in total. The molecule has 2 rings (SSSR count). The van der Waals surface area contributed by atoms with E-state index in [1.165, 1.54) is 11.8 Å². The third-order valence-electron chi connectivity index (χ3n) is 2.58. The summed E-state index contributed by atoms with van der Waals surface area (Å²) in [4.78, 5) is 11.3. The van der Waals surface area contributed by atoms with Crippen molar-refractivity contribution in [3.63, 3.8) is 0 Å². The van der Waals surface area contributed by atoms with Crippen molar-refractivity contribution >= 4 is 5.97 Å². The Hall–Kier alpha value is -1.56. The lowest BCUT2D eigenvalue weighted by Crippen LogP contribution is -2.61. The Morgan fingerprint density at radius 3 is 2.81 bits per heavy atom. The van der Waals surface area contributed by atoms with E-state index in [0.717, 1.165) is 13.1 Å². The summed E-state index contributed by atoms with van der Waals surface area (Å²) in [7, 11) is 3.06. The Balaban J connectivity index is 2.15. The van der Waals surface area contributed by atoms with Gasteiger partial charge in [-0.3, -0.25) is 0 Å². The molecule has 1 aromatic heterocycles. The van der Waals surface area contributed by atoms with E-state index in [1.54, 1.807) is 13.1 Å². The minimum Gasteiger partial charge on any atom is -0.469 e. The second-order valence-electron chi connectivity index (χ2n) is 4.14. The van der Waals surface area contributed by atoms with Crippen molar-refractivity contribution in [3.05, 3.63) is 11.8 Å². The maximum atomic E-state index is 11.3. The molecule has 0 aromatic carbocycles. The van der Waals surface area contributed by atoms with Crippen molar-refractivity contribution in [2.24, 2.45) is 7.05 Å². The summed E-state index contributed by atoms with van der Waals surface area (Å²) in [5.74, 6) is 0.117. The number of carbonyl (C=O) groups is 1. The van der Waals surface area contributed by atoms with Crippen LogP contribution in [0.1, 0.15) is 17.4 Å². The van der Waals surface area contributed by atoms with E-state index in [4.69, 9.17) is 4.74 Å². The topological polar surface area (TPSA) is 65.4 Å². The first-order valence-electron chi connectivity index (χ1n) is 5.06. The lowest BCUT2D eigenvalue weighted by molar-refractivity contribution is 0.0266. The number of nitrogens with one attached hydrogen (secondary N) is 1. The van der Waals surface area contributed by atoms with Crippen molar-refractivity contribution in [2.45, 2.75) is 12.5 Å². The molecular weight excluding hydrogens is 210 g/mol. The van der Waals surface area contributed by atoms with Gasteiger partial charge in [0.25, 0.3) is 0 Å². The molecule has 88 valence electrons. The van der Waals surface area contributed by atoms with Crippen molar-refractivity contribution < 1.29 is 14.3 Å². The fraction of sp³-hybridized carbons (Fsp3) is 0.600. The highest BCUT2D eigenvalue weighted by molar-refractivity contribution is 5.87. The predicted octanol–water partition coefficient (Wildman–Crippen LogP) is -0.0526. The van der Waals surface area contributed by atoms with Crippen LogP contribution in [-0.2, 0) is 11.8 Å². The van der Waals surface area contributed by atoms with Gasteiger partial charge in [0.15, 0.2) is 5.69 Å². The predicted molar refractivity (Wildman–Crippen MR) is 56.5 cm³/mol. The lowest BCUT2D eigenvalue weighted by atomic mass is 10.0. The second kappa shape index (κ2) is 3.79. The molecule has 1 fully saturated rings. The van der Waals surface area contributed by atoms with E-state index in [-0.39, 0.29) is 11.3 Å². The Labute approximate surface area is 93.5 Å². The van der Waals surface area contributed by atoms with Gasteiger partial charge in [-0.1, -0.05) is 0 Å². The summed E-state index contributed by atoms with van der Waals surface area (Å²) in [5.41, 5.74) is 0.0529. The van der Waals surface area contributed by atoms with Crippen LogP contribution in [0.3, 0.4) is 0 Å². The molecule has 1 aliphatic heterocycles. The van der Waals surface area contributed by atoms with Crippen LogP contribution in [0.2, 0.25) is 0 Å². The first kappa shape index (κ1) is 10.9. The molecule has 0 saturated carbocycles. The van der Waals surface area contributed by atoms with E-state index in [1.807, 2.05) is 6.92 Å². The highest BCUT2D eigenvalue weighted by atomic mass is 16.5. The first-order valence-corrected chi connectivity index (χ1v) is 5.06. The number of esters is 1. The normalized spacial score (nSPS) is 17.7. The number of aromatic nitrogens is 2. The summed E-state index contributed by atoms with van der Waals surface area (Å²) >= 11 is 0. The highest BCUT2D eigenvalue weighted by Gasteiger charge is 2.35. The molecule has 0 aliphatic carbocycles. The van der Waals surface area contributed by atoms with Crippen molar-refractivity contribution in [1.29, 1.82) is 0 Å². The molecule has 1 saturated heterocycles. The summed E-state index contributed by atoms with van der Waals surface area (Å²) in [6, 6.07) is 1.59. The molecule has 1 N–H and O–H groups in total. The van der Waals surface area contributed by atoms with E-state index in [2.05, 4.69) is 15.2 Å². The van der Waals surface area contributed by atoms with Crippen LogP contribution in [0.15, 0.2) is 6.07 Å². The third-order valence-corrected chi connectivity index (χ3v) is 2.58. The molecule has 0 amide bonds. The SMILES string of the molecule is COC(=O)c1cc(OC2(C)CNC2)n(C)n1. The second-order valence-corrected chi connectivity index (χ2v) is 4.14. The summed E-state index contributed by atoms with van der Waals surface area (Å²) in [6.45, 7) is 3.60. The molecular formula is C10H15N3O3. The Morgan fingerprint density at radius 1 is 1.62 bits per heavy atom. The number of rotatable bonds is 3. The van der Waals surface area contributed by atoms with Crippen LogP contribution in [-0.4, -0.2) is 41.6 Å². The quantitative estimate of drug-likeness (QED) is 0.730. The van der Waals surface area contributed by atoms with Gasteiger partial charge in [-0.25, -0.2) is 9.48 Å². The van der Waals surface area contributed by atoms with Gasteiger partial charge in [0.2, 0.25) is 5.88 Å². The molecule has 6 heteroatoms. The van der Waals surface area contributed by atoms with Crippen LogP contribution in [0.5, 0.6) is 5.88 Å². The highest BCUT2D eigenvalue weighted by Crippen LogP contribution is 2.22. The average Bonchev–Trinajstić information content (AvgIpc) is 2.57. The third kappa shape index (κ3) is 1.88. The van der Waals surface area contributed by atoms with Gasteiger partial charge in [-0.15, -0.1) is 0 Å². The molecule has 0 spiro atoms. The van der Waals surface area contributed by atoms with Crippen LogP contribution >= 0.6 is 0 Å².